The van der Waals surface area contributed by atoms with Crippen molar-refractivity contribution in [2.24, 2.45) is 7.05 Å². The summed E-state index contributed by atoms with van der Waals surface area (Å²) in [4.78, 5) is 23.3. The first-order valence-corrected chi connectivity index (χ1v) is 7.13. The maximum Gasteiger partial charge on any atom is 0.271 e. The number of aromatic nitrogens is 2. The lowest BCUT2D eigenvalue weighted by molar-refractivity contribution is 0.0943. The van der Waals surface area contributed by atoms with Crippen molar-refractivity contribution in [1.29, 1.82) is 0 Å². The molecular weight excluding hydrogens is 306 g/mol. The molecule has 1 heterocycles. The van der Waals surface area contributed by atoms with Crippen LogP contribution in [0.2, 0.25) is 5.02 Å². The Morgan fingerprint density at radius 2 is 2.14 bits per heavy atom. The van der Waals surface area contributed by atoms with Crippen LogP contribution in [-0.2, 0) is 13.6 Å². The first kappa shape index (κ1) is 16.0. The van der Waals surface area contributed by atoms with Crippen molar-refractivity contribution in [2.75, 3.05) is 6.61 Å². The minimum Gasteiger partial charge on any atom is -0.493 e. The Balaban J connectivity index is 2.10. The third kappa shape index (κ3) is 3.85. The molecule has 0 spiro atoms. The number of benzene rings is 1. The third-order valence-corrected chi connectivity index (χ3v) is 3.20. The molecule has 7 heteroatoms. The van der Waals surface area contributed by atoms with Crippen LogP contribution in [0.5, 0.6) is 5.75 Å². The van der Waals surface area contributed by atoms with Gasteiger partial charge in [0, 0.05) is 30.2 Å². The van der Waals surface area contributed by atoms with Gasteiger partial charge in [-0.15, -0.1) is 0 Å². The molecule has 0 saturated heterocycles. The molecule has 0 aliphatic heterocycles. The number of carbonyl (C=O) groups is 1. The van der Waals surface area contributed by atoms with E-state index >= 15 is 0 Å². The SMILES string of the molecule is CCOc1cc(Cl)ccc1CNC(=O)c1ccc(=O)n(C)n1. The topological polar surface area (TPSA) is 73.2 Å². The maximum atomic E-state index is 12.1. The number of hydrogen-bond donors (Lipinski definition) is 1. The normalized spacial score (nSPS) is 10.3. The number of nitrogens with zero attached hydrogens (tertiary/aromatic N) is 2. The largest absolute Gasteiger partial charge is 0.493 e. The molecule has 2 aromatic rings. The van der Waals surface area contributed by atoms with Gasteiger partial charge in [0.2, 0.25) is 0 Å². The lowest BCUT2D eigenvalue weighted by Crippen LogP contribution is -2.28. The van der Waals surface area contributed by atoms with Crippen molar-refractivity contribution in [3.63, 3.8) is 0 Å². The molecule has 2 rings (SSSR count). The van der Waals surface area contributed by atoms with E-state index in [2.05, 4.69) is 10.4 Å². The standard InChI is InChI=1S/C15H16ClN3O3/c1-3-22-13-8-11(16)5-4-10(13)9-17-15(21)12-6-7-14(20)19(2)18-12/h4-8H,3,9H2,1-2H3,(H,17,21). The fourth-order valence-corrected chi connectivity index (χ4v) is 2.02. The fourth-order valence-electron chi connectivity index (χ4n) is 1.85. The van der Waals surface area contributed by atoms with Crippen LogP contribution in [0.4, 0.5) is 0 Å². The van der Waals surface area contributed by atoms with Crippen molar-refractivity contribution < 1.29 is 9.53 Å². The second-order valence-corrected chi connectivity index (χ2v) is 4.98. The summed E-state index contributed by atoms with van der Waals surface area (Å²) in [5, 5.41) is 7.21. The number of aryl methyl sites for hydroxylation is 1. The minimum absolute atomic E-state index is 0.175. The summed E-state index contributed by atoms with van der Waals surface area (Å²) < 4.78 is 6.61. The van der Waals surface area contributed by atoms with Gasteiger partial charge in [-0.25, -0.2) is 4.68 Å². The molecular formula is C15H16ClN3O3. The smallest absolute Gasteiger partial charge is 0.271 e. The maximum absolute atomic E-state index is 12.1. The molecule has 0 aliphatic rings. The van der Waals surface area contributed by atoms with Gasteiger partial charge >= 0.3 is 0 Å². The van der Waals surface area contributed by atoms with Gasteiger partial charge in [0.15, 0.2) is 0 Å². The Bertz CT molecular complexity index is 743. The molecule has 0 radical (unpaired) electrons. The molecule has 0 saturated carbocycles. The van der Waals surface area contributed by atoms with Gasteiger partial charge < -0.3 is 10.1 Å². The lowest BCUT2D eigenvalue weighted by Gasteiger charge is -2.11. The van der Waals surface area contributed by atoms with Gasteiger partial charge in [-0.3, -0.25) is 9.59 Å². The zero-order valence-electron chi connectivity index (χ0n) is 12.3. The molecule has 1 aromatic carbocycles. The molecule has 6 nitrogen and oxygen atoms in total. The molecule has 0 aliphatic carbocycles. The minimum atomic E-state index is -0.368. The molecule has 1 aromatic heterocycles. The first-order chi connectivity index (χ1) is 10.5. The highest BCUT2D eigenvalue weighted by molar-refractivity contribution is 6.30. The van der Waals surface area contributed by atoms with Gasteiger partial charge in [-0.1, -0.05) is 17.7 Å². The molecule has 0 fully saturated rings. The molecule has 1 N–H and O–H groups in total. The Hall–Kier alpha value is -2.34. The summed E-state index contributed by atoms with van der Waals surface area (Å²) in [5.41, 5.74) is 0.714. The van der Waals surface area contributed by atoms with E-state index in [1.165, 1.54) is 19.2 Å². The second-order valence-electron chi connectivity index (χ2n) is 4.55. The molecule has 1 amide bonds. The second kappa shape index (κ2) is 7.09. The van der Waals surface area contributed by atoms with E-state index in [4.69, 9.17) is 16.3 Å². The Morgan fingerprint density at radius 1 is 1.36 bits per heavy atom. The average Bonchev–Trinajstić information content (AvgIpc) is 2.49. The summed E-state index contributed by atoms with van der Waals surface area (Å²) in [6.07, 6.45) is 0. The number of nitrogens with one attached hydrogen (secondary N) is 1. The lowest BCUT2D eigenvalue weighted by atomic mass is 10.2. The summed E-state index contributed by atoms with van der Waals surface area (Å²) in [6.45, 7) is 2.65. The average molecular weight is 322 g/mol. The van der Waals surface area contributed by atoms with Gasteiger partial charge in [0.05, 0.1) is 6.61 Å². The van der Waals surface area contributed by atoms with Crippen LogP contribution in [0, 0.1) is 0 Å². The summed E-state index contributed by atoms with van der Waals surface area (Å²) in [5.74, 6) is 0.261. The van der Waals surface area contributed by atoms with Crippen LogP contribution in [-0.4, -0.2) is 22.3 Å². The van der Waals surface area contributed by atoms with Gasteiger partial charge in [-0.2, -0.15) is 5.10 Å². The number of halogens is 1. The Labute approximate surface area is 132 Å². The third-order valence-electron chi connectivity index (χ3n) is 2.96. The summed E-state index contributed by atoms with van der Waals surface area (Å²) in [6, 6.07) is 7.92. The predicted molar refractivity (Wildman–Crippen MR) is 83.3 cm³/mol. The van der Waals surface area contributed by atoms with Crippen molar-refractivity contribution >= 4 is 17.5 Å². The molecule has 0 unspecified atom stereocenters. The molecule has 116 valence electrons. The zero-order valence-corrected chi connectivity index (χ0v) is 13.1. The van der Waals surface area contributed by atoms with Gasteiger partial charge in [0.1, 0.15) is 11.4 Å². The number of amides is 1. The number of hydrogen-bond acceptors (Lipinski definition) is 4. The van der Waals surface area contributed by atoms with E-state index in [9.17, 15) is 9.59 Å². The quantitative estimate of drug-likeness (QED) is 0.910. The number of rotatable bonds is 5. The van der Waals surface area contributed by atoms with E-state index < -0.39 is 0 Å². The van der Waals surface area contributed by atoms with Gasteiger partial charge in [0.25, 0.3) is 11.5 Å². The number of carbonyl (C=O) groups excluding carboxylic acids is 1. The number of ether oxygens (including phenoxy) is 1. The summed E-state index contributed by atoms with van der Waals surface area (Å²) >= 11 is 5.93. The van der Waals surface area contributed by atoms with Crippen LogP contribution in [0.3, 0.4) is 0 Å². The van der Waals surface area contributed by atoms with Crippen LogP contribution < -0.4 is 15.6 Å². The van der Waals surface area contributed by atoms with Crippen LogP contribution in [0.1, 0.15) is 23.0 Å². The zero-order chi connectivity index (χ0) is 16.1. The van der Waals surface area contributed by atoms with E-state index in [1.54, 1.807) is 18.2 Å². The molecule has 0 atom stereocenters. The highest BCUT2D eigenvalue weighted by Gasteiger charge is 2.10. The highest BCUT2D eigenvalue weighted by Crippen LogP contribution is 2.23. The van der Waals surface area contributed by atoms with Crippen molar-refractivity contribution in [3.05, 3.63) is 57.0 Å². The van der Waals surface area contributed by atoms with E-state index in [0.29, 0.717) is 17.4 Å². The Morgan fingerprint density at radius 3 is 2.82 bits per heavy atom. The molecule has 22 heavy (non-hydrogen) atoms. The first-order valence-electron chi connectivity index (χ1n) is 6.75. The summed E-state index contributed by atoms with van der Waals surface area (Å²) in [7, 11) is 1.49. The Kier molecular flexibility index (Phi) is 5.16. The van der Waals surface area contributed by atoms with Crippen molar-refractivity contribution in [3.8, 4) is 5.75 Å². The van der Waals surface area contributed by atoms with Gasteiger partial charge in [-0.05, 0) is 25.1 Å². The van der Waals surface area contributed by atoms with E-state index in [1.807, 2.05) is 6.92 Å². The fraction of sp³-hybridized carbons (Fsp3) is 0.267. The molecule has 0 bridgehead atoms. The predicted octanol–water partition coefficient (Wildman–Crippen LogP) is 1.76. The van der Waals surface area contributed by atoms with E-state index in [-0.39, 0.29) is 23.7 Å². The van der Waals surface area contributed by atoms with Crippen LogP contribution in [0.15, 0.2) is 35.1 Å². The monoisotopic (exact) mass is 321 g/mol. The van der Waals surface area contributed by atoms with Crippen molar-refractivity contribution in [1.82, 2.24) is 15.1 Å². The van der Waals surface area contributed by atoms with Crippen molar-refractivity contribution in [2.45, 2.75) is 13.5 Å². The van der Waals surface area contributed by atoms with E-state index in [0.717, 1.165) is 10.2 Å². The van der Waals surface area contributed by atoms with Crippen LogP contribution in [0.25, 0.3) is 0 Å². The van der Waals surface area contributed by atoms with Crippen LogP contribution >= 0.6 is 11.6 Å². The highest BCUT2D eigenvalue weighted by atomic mass is 35.5.